The predicted octanol–water partition coefficient (Wildman–Crippen LogP) is 4.20. The van der Waals surface area contributed by atoms with Crippen molar-refractivity contribution in [1.82, 2.24) is 10.6 Å². The molecule has 0 saturated heterocycles. The maximum atomic E-state index is 13.1. The van der Waals surface area contributed by atoms with E-state index in [4.69, 9.17) is 9.47 Å². The summed E-state index contributed by atoms with van der Waals surface area (Å²) < 4.78 is 10.8. The first-order valence-electron chi connectivity index (χ1n) is 10.5. The lowest BCUT2D eigenvalue weighted by Gasteiger charge is -2.35. The Balaban J connectivity index is 2.95. The third-order valence-electron chi connectivity index (χ3n) is 4.40. The summed E-state index contributed by atoms with van der Waals surface area (Å²) in [6.45, 7) is 16.4. The summed E-state index contributed by atoms with van der Waals surface area (Å²) in [5.74, 6) is -1.01. The Bertz CT molecular complexity index is 755. The number of hydrogen-bond donors (Lipinski definition) is 2. The van der Waals surface area contributed by atoms with Crippen LogP contribution in [0.4, 0.5) is 4.79 Å². The molecule has 0 aliphatic carbocycles. The average molecular weight is 435 g/mol. The molecule has 0 radical (unpaired) electrons. The molecule has 2 amide bonds. The van der Waals surface area contributed by atoms with Gasteiger partial charge in [-0.3, -0.25) is 4.79 Å². The van der Waals surface area contributed by atoms with Gasteiger partial charge in [0.1, 0.15) is 24.3 Å². The Morgan fingerprint density at radius 1 is 0.806 bits per heavy atom. The number of carbonyl (C=O) groups excluding carboxylic acids is 3. The van der Waals surface area contributed by atoms with E-state index >= 15 is 0 Å². The molecule has 7 heteroatoms. The second kappa shape index (κ2) is 10.2. The summed E-state index contributed by atoms with van der Waals surface area (Å²) in [6.07, 6.45) is -0.693. The highest BCUT2D eigenvalue weighted by Crippen LogP contribution is 2.24. The van der Waals surface area contributed by atoms with Gasteiger partial charge in [-0.2, -0.15) is 0 Å². The lowest BCUT2D eigenvalue weighted by molar-refractivity contribution is -0.152. The van der Waals surface area contributed by atoms with Crippen LogP contribution in [0, 0.1) is 10.8 Å². The van der Waals surface area contributed by atoms with Crippen molar-refractivity contribution in [2.75, 3.05) is 0 Å². The van der Waals surface area contributed by atoms with Crippen LogP contribution < -0.4 is 10.6 Å². The summed E-state index contributed by atoms with van der Waals surface area (Å²) >= 11 is 0. The number of rotatable bonds is 6. The van der Waals surface area contributed by atoms with Crippen LogP contribution in [0.3, 0.4) is 0 Å². The van der Waals surface area contributed by atoms with Crippen molar-refractivity contribution >= 4 is 18.0 Å². The van der Waals surface area contributed by atoms with Gasteiger partial charge in [-0.15, -0.1) is 0 Å². The third kappa shape index (κ3) is 9.40. The molecule has 0 bridgehead atoms. The highest BCUT2D eigenvalue weighted by atomic mass is 16.6. The standard InChI is InChI=1S/C24H38N2O5/c1-22(2,3)17(26-21(29)31-24(7,8)9)19(27)25-18(23(4,5)6)20(28)30-15-16-13-11-10-12-14-16/h10-14,17-18H,15H2,1-9H3,(H,25,27)(H,26,29). The summed E-state index contributed by atoms with van der Waals surface area (Å²) in [5.41, 5.74) is -1.05. The van der Waals surface area contributed by atoms with Gasteiger partial charge >= 0.3 is 12.1 Å². The van der Waals surface area contributed by atoms with Crippen molar-refractivity contribution < 1.29 is 23.9 Å². The molecule has 1 aromatic carbocycles. The van der Waals surface area contributed by atoms with Crippen LogP contribution in [0.2, 0.25) is 0 Å². The Hall–Kier alpha value is -2.57. The molecule has 2 atom stereocenters. The quantitative estimate of drug-likeness (QED) is 0.655. The minimum atomic E-state index is -0.908. The summed E-state index contributed by atoms with van der Waals surface area (Å²) in [6, 6.07) is 7.53. The van der Waals surface area contributed by atoms with Gasteiger partial charge in [0.15, 0.2) is 0 Å². The van der Waals surface area contributed by atoms with E-state index in [1.165, 1.54) is 0 Å². The van der Waals surface area contributed by atoms with Crippen LogP contribution in [0.15, 0.2) is 30.3 Å². The fourth-order valence-electron chi connectivity index (χ4n) is 2.77. The molecule has 1 rings (SSSR count). The van der Waals surface area contributed by atoms with Gasteiger partial charge in [0.2, 0.25) is 5.91 Å². The van der Waals surface area contributed by atoms with E-state index in [2.05, 4.69) is 10.6 Å². The van der Waals surface area contributed by atoms with Crippen molar-refractivity contribution in [1.29, 1.82) is 0 Å². The number of nitrogens with one attached hydrogen (secondary N) is 2. The van der Waals surface area contributed by atoms with Gasteiger partial charge in [0.25, 0.3) is 0 Å². The molecule has 7 nitrogen and oxygen atoms in total. The predicted molar refractivity (Wildman–Crippen MR) is 120 cm³/mol. The zero-order valence-corrected chi connectivity index (χ0v) is 20.3. The van der Waals surface area contributed by atoms with E-state index in [1.807, 2.05) is 71.9 Å². The van der Waals surface area contributed by atoms with Gasteiger partial charge in [-0.25, -0.2) is 9.59 Å². The van der Waals surface area contributed by atoms with E-state index in [0.717, 1.165) is 5.56 Å². The minimum absolute atomic E-state index is 0.112. The highest BCUT2D eigenvalue weighted by molar-refractivity contribution is 5.90. The third-order valence-corrected chi connectivity index (χ3v) is 4.40. The van der Waals surface area contributed by atoms with Gasteiger partial charge in [-0.05, 0) is 37.2 Å². The molecule has 31 heavy (non-hydrogen) atoms. The van der Waals surface area contributed by atoms with Crippen LogP contribution in [0.25, 0.3) is 0 Å². The lowest BCUT2D eigenvalue weighted by Crippen LogP contribution is -2.59. The first-order valence-corrected chi connectivity index (χ1v) is 10.5. The van der Waals surface area contributed by atoms with Crippen molar-refractivity contribution in [3.63, 3.8) is 0 Å². The Morgan fingerprint density at radius 2 is 1.32 bits per heavy atom. The highest BCUT2D eigenvalue weighted by Gasteiger charge is 2.40. The Kier molecular flexibility index (Phi) is 8.67. The maximum Gasteiger partial charge on any atom is 0.408 e. The second-order valence-corrected chi connectivity index (χ2v) is 10.8. The van der Waals surface area contributed by atoms with E-state index in [1.54, 1.807) is 20.8 Å². The van der Waals surface area contributed by atoms with Crippen LogP contribution in [0.5, 0.6) is 0 Å². The topological polar surface area (TPSA) is 93.7 Å². The summed E-state index contributed by atoms with van der Waals surface area (Å²) in [7, 11) is 0. The minimum Gasteiger partial charge on any atom is -0.459 e. The molecule has 1 aromatic rings. The zero-order chi connectivity index (χ0) is 24.0. The van der Waals surface area contributed by atoms with Gasteiger partial charge in [0, 0.05) is 0 Å². The number of alkyl carbamates (subject to hydrolysis) is 1. The molecular formula is C24H38N2O5. The normalized spacial score (nSPS) is 14.2. The second-order valence-electron chi connectivity index (χ2n) is 10.8. The fourth-order valence-corrected chi connectivity index (χ4v) is 2.77. The van der Waals surface area contributed by atoms with Crippen molar-refractivity contribution in [2.45, 2.75) is 86.6 Å². The number of esters is 1. The van der Waals surface area contributed by atoms with E-state index in [0.29, 0.717) is 0 Å². The fraction of sp³-hybridized carbons (Fsp3) is 0.625. The van der Waals surface area contributed by atoms with Gasteiger partial charge in [-0.1, -0.05) is 71.9 Å². The SMILES string of the molecule is CC(C)(C)OC(=O)NC(C(=O)NC(C(=O)OCc1ccccc1)C(C)(C)C)C(C)(C)C. The number of amides is 2. The van der Waals surface area contributed by atoms with E-state index in [9.17, 15) is 14.4 Å². The Labute approximate surface area is 186 Å². The monoisotopic (exact) mass is 434 g/mol. The first kappa shape index (κ1) is 26.5. The lowest BCUT2D eigenvalue weighted by atomic mass is 9.83. The molecule has 0 saturated carbocycles. The van der Waals surface area contributed by atoms with Crippen molar-refractivity contribution in [2.24, 2.45) is 10.8 Å². The largest absolute Gasteiger partial charge is 0.459 e. The van der Waals surface area contributed by atoms with Gasteiger partial charge in [0.05, 0.1) is 0 Å². The molecule has 2 N–H and O–H groups in total. The Morgan fingerprint density at radius 3 is 1.77 bits per heavy atom. The van der Waals surface area contributed by atoms with E-state index < -0.39 is 46.5 Å². The molecule has 0 aromatic heterocycles. The molecule has 0 fully saturated rings. The van der Waals surface area contributed by atoms with Crippen LogP contribution >= 0.6 is 0 Å². The molecule has 0 aliphatic heterocycles. The van der Waals surface area contributed by atoms with E-state index in [-0.39, 0.29) is 6.61 Å². The maximum absolute atomic E-state index is 13.1. The number of hydrogen-bond acceptors (Lipinski definition) is 5. The molecule has 174 valence electrons. The smallest absolute Gasteiger partial charge is 0.408 e. The van der Waals surface area contributed by atoms with Crippen molar-refractivity contribution in [3.8, 4) is 0 Å². The molecule has 0 aliphatic rings. The molecule has 0 heterocycles. The average Bonchev–Trinajstić information content (AvgIpc) is 2.59. The number of carbonyl (C=O) groups is 3. The molecule has 2 unspecified atom stereocenters. The van der Waals surface area contributed by atoms with Crippen LogP contribution in [-0.2, 0) is 25.7 Å². The number of ether oxygens (including phenoxy) is 2. The number of benzene rings is 1. The van der Waals surface area contributed by atoms with Gasteiger partial charge < -0.3 is 20.1 Å². The summed E-state index contributed by atoms with van der Waals surface area (Å²) in [5, 5.41) is 5.43. The molecular weight excluding hydrogens is 396 g/mol. The zero-order valence-electron chi connectivity index (χ0n) is 20.3. The molecule has 0 spiro atoms. The van der Waals surface area contributed by atoms with Crippen LogP contribution in [0.1, 0.15) is 67.9 Å². The summed E-state index contributed by atoms with van der Waals surface area (Å²) in [4.78, 5) is 38.3. The first-order chi connectivity index (χ1) is 14.0. The van der Waals surface area contributed by atoms with Crippen LogP contribution in [-0.4, -0.2) is 35.7 Å². The van der Waals surface area contributed by atoms with Crippen molar-refractivity contribution in [3.05, 3.63) is 35.9 Å².